The highest BCUT2D eigenvalue weighted by atomic mass is 32.2. The maximum absolute atomic E-state index is 12.2. The summed E-state index contributed by atoms with van der Waals surface area (Å²) in [7, 11) is -2.55. The van der Waals surface area contributed by atoms with Crippen LogP contribution in [0.4, 0.5) is 5.13 Å². The van der Waals surface area contributed by atoms with Crippen molar-refractivity contribution >= 4 is 38.0 Å². The molecule has 0 saturated heterocycles. The second kappa shape index (κ2) is 8.77. The quantitative estimate of drug-likeness (QED) is 0.651. The third-order valence-corrected chi connectivity index (χ3v) is 4.81. The molecule has 0 saturated carbocycles. The molecule has 2 amide bonds. The number of amides is 2. The van der Waals surface area contributed by atoms with Crippen LogP contribution in [-0.4, -0.2) is 38.5 Å². The van der Waals surface area contributed by atoms with Gasteiger partial charge >= 0.3 is 0 Å². The zero-order chi connectivity index (χ0) is 20.9. The summed E-state index contributed by atoms with van der Waals surface area (Å²) in [4.78, 5) is 32.9. The molecule has 7 nitrogen and oxygen atoms in total. The van der Waals surface area contributed by atoms with E-state index in [-0.39, 0.29) is 11.5 Å². The number of benzene rings is 1. The lowest BCUT2D eigenvalue weighted by atomic mass is 10.2. The lowest BCUT2D eigenvalue weighted by Crippen LogP contribution is -2.11. The Labute approximate surface area is 172 Å². The van der Waals surface area contributed by atoms with Gasteiger partial charge in [-0.05, 0) is 24.1 Å². The maximum Gasteiger partial charge on any atom is 0.286 e. The largest absolute Gasteiger partial charge is 0.298 e. The molecule has 0 aliphatic rings. The van der Waals surface area contributed by atoms with Crippen molar-refractivity contribution in [2.45, 2.75) is 0 Å². The molecule has 146 valence electrons. The van der Waals surface area contributed by atoms with Crippen LogP contribution in [0, 0.1) is 11.8 Å². The van der Waals surface area contributed by atoms with Crippen molar-refractivity contribution in [1.82, 2.24) is 9.97 Å². The Balaban J connectivity index is 1.73. The van der Waals surface area contributed by atoms with E-state index < -0.39 is 15.6 Å². The summed E-state index contributed by atoms with van der Waals surface area (Å²) in [6.07, 6.45) is 7.20. The normalized spacial score (nSPS) is 10.6. The van der Waals surface area contributed by atoms with Gasteiger partial charge in [0.25, 0.3) is 11.8 Å². The van der Waals surface area contributed by atoms with E-state index in [0.717, 1.165) is 0 Å². The topological polar surface area (TPSA) is 101 Å². The molecule has 0 unspecified atom stereocenters. The molecule has 0 bridgehead atoms. The highest BCUT2D eigenvalue weighted by molar-refractivity contribution is 7.92. The van der Waals surface area contributed by atoms with E-state index in [9.17, 15) is 13.8 Å². The predicted molar refractivity (Wildman–Crippen MR) is 113 cm³/mol. The number of nitrogens with one attached hydrogen (secondary N) is 1. The summed E-state index contributed by atoms with van der Waals surface area (Å²) in [6.45, 7) is 0. The number of carbonyl (C=O) groups is 2. The summed E-state index contributed by atoms with van der Waals surface area (Å²) < 4.78 is 15.3. The summed E-state index contributed by atoms with van der Waals surface area (Å²) in [5.41, 5.74) is 1.26. The Morgan fingerprint density at radius 1 is 1.07 bits per heavy atom. The standard InChI is InChI=1S/C20H16N4O3S2/c1-29(2,27)24-19(26)16-10-14(11-21-12-16)8-9-17-13-22-20(28-17)23-18(25)15-6-4-3-5-7-15/h3-7,10-13H,1-2H3,(H,22,23,25). The third-order valence-electron chi connectivity index (χ3n) is 3.38. The number of pyridine rings is 1. The first-order chi connectivity index (χ1) is 13.8. The van der Waals surface area contributed by atoms with Gasteiger partial charge in [0.05, 0.1) is 16.6 Å². The molecule has 29 heavy (non-hydrogen) atoms. The fraction of sp³-hybridized carbons (Fsp3) is 0.100. The summed E-state index contributed by atoms with van der Waals surface area (Å²) in [5.74, 6) is 4.98. The number of hydrogen-bond acceptors (Lipinski definition) is 6. The van der Waals surface area contributed by atoms with Crippen molar-refractivity contribution in [2.75, 3.05) is 17.8 Å². The minimum atomic E-state index is -2.55. The van der Waals surface area contributed by atoms with Crippen molar-refractivity contribution in [1.29, 1.82) is 0 Å². The zero-order valence-electron chi connectivity index (χ0n) is 15.6. The predicted octanol–water partition coefficient (Wildman–Crippen LogP) is 3.06. The van der Waals surface area contributed by atoms with E-state index in [0.29, 0.717) is 21.1 Å². The number of rotatable bonds is 3. The Hall–Kier alpha value is -3.35. The van der Waals surface area contributed by atoms with Gasteiger partial charge in [0, 0.05) is 45.8 Å². The van der Waals surface area contributed by atoms with E-state index in [2.05, 4.69) is 31.5 Å². The highest BCUT2D eigenvalue weighted by Crippen LogP contribution is 2.18. The van der Waals surface area contributed by atoms with Crippen LogP contribution in [0.2, 0.25) is 0 Å². The Morgan fingerprint density at radius 3 is 2.55 bits per heavy atom. The van der Waals surface area contributed by atoms with Gasteiger partial charge < -0.3 is 0 Å². The minimum absolute atomic E-state index is 0.216. The first kappa shape index (κ1) is 20.4. The van der Waals surface area contributed by atoms with E-state index in [1.54, 1.807) is 30.5 Å². The van der Waals surface area contributed by atoms with Gasteiger partial charge in [-0.15, -0.1) is 0 Å². The van der Waals surface area contributed by atoms with Crippen LogP contribution in [0.3, 0.4) is 0 Å². The van der Waals surface area contributed by atoms with E-state index >= 15 is 0 Å². The Bertz CT molecular complexity index is 1240. The van der Waals surface area contributed by atoms with E-state index in [4.69, 9.17) is 0 Å². The molecular formula is C20H16N4O3S2. The molecule has 3 rings (SSSR count). The average molecular weight is 425 g/mol. The molecule has 0 atom stereocenters. The number of anilines is 1. The Morgan fingerprint density at radius 2 is 1.83 bits per heavy atom. The van der Waals surface area contributed by atoms with Crippen LogP contribution in [0.25, 0.3) is 0 Å². The number of nitrogens with zero attached hydrogens (tertiary/aromatic N) is 3. The van der Waals surface area contributed by atoms with Crippen LogP contribution in [0.15, 0.2) is 59.4 Å². The molecule has 0 aliphatic heterocycles. The average Bonchev–Trinajstić information content (AvgIpc) is 3.13. The first-order valence-electron chi connectivity index (χ1n) is 8.31. The minimum Gasteiger partial charge on any atom is -0.298 e. The molecule has 0 radical (unpaired) electrons. The second-order valence-electron chi connectivity index (χ2n) is 6.14. The molecule has 0 aliphatic carbocycles. The fourth-order valence-corrected chi connectivity index (χ4v) is 3.33. The molecular weight excluding hydrogens is 408 g/mol. The smallest absolute Gasteiger partial charge is 0.286 e. The van der Waals surface area contributed by atoms with Crippen molar-refractivity contribution < 1.29 is 13.8 Å². The van der Waals surface area contributed by atoms with Crippen molar-refractivity contribution in [3.63, 3.8) is 0 Å². The van der Waals surface area contributed by atoms with Gasteiger partial charge in [0.15, 0.2) is 5.13 Å². The molecule has 9 heteroatoms. The highest BCUT2D eigenvalue weighted by Gasteiger charge is 2.09. The van der Waals surface area contributed by atoms with Gasteiger partial charge in [-0.2, -0.15) is 4.36 Å². The molecule has 2 aromatic heterocycles. The molecule has 1 aromatic carbocycles. The number of thiazole rings is 1. The van der Waals surface area contributed by atoms with E-state index in [1.165, 1.54) is 42.3 Å². The number of carbonyl (C=O) groups excluding carboxylic acids is 2. The maximum atomic E-state index is 12.2. The van der Waals surface area contributed by atoms with Gasteiger partial charge in [-0.3, -0.25) is 19.9 Å². The molecule has 3 aromatic rings. The first-order valence-corrected chi connectivity index (χ1v) is 11.5. The molecule has 0 fully saturated rings. The monoisotopic (exact) mass is 424 g/mol. The van der Waals surface area contributed by atoms with Crippen molar-refractivity contribution in [2.24, 2.45) is 4.36 Å². The third kappa shape index (κ3) is 6.07. The van der Waals surface area contributed by atoms with Gasteiger partial charge in [0.1, 0.15) is 0 Å². The van der Waals surface area contributed by atoms with Crippen LogP contribution in [0.1, 0.15) is 31.2 Å². The van der Waals surface area contributed by atoms with Crippen LogP contribution in [0.5, 0.6) is 0 Å². The molecule has 1 N–H and O–H groups in total. The number of aromatic nitrogens is 2. The summed E-state index contributed by atoms with van der Waals surface area (Å²) in [5, 5.41) is 3.16. The van der Waals surface area contributed by atoms with Crippen LogP contribution >= 0.6 is 11.3 Å². The SMILES string of the molecule is CS(C)(=O)=NC(=O)c1cncc(C#Cc2cnc(NC(=O)c3ccccc3)s2)c1. The fourth-order valence-electron chi connectivity index (χ4n) is 2.16. The van der Waals surface area contributed by atoms with Crippen molar-refractivity contribution in [3.05, 3.63) is 76.6 Å². The molecule has 0 spiro atoms. The summed E-state index contributed by atoms with van der Waals surface area (Å²) >= 11 is 1.23. The lowest BCUT2D eigenvalue weighted by molar-refractivity contribution is 0.100. The lowest BCUT2D eigenvalue weighted by Gasteiger charge is -2.00. The summed E-state index contributed by atoms with van der Waals surface area (Å²) in [6, 6.07) is 10.4. The Kier molecular flexibility index (Phi) is 6.16. The van der Waals surface area contributed by atoms with Gasteiger partial charge in [-0.1, -0.05) is 35.5 Å². The number of hydrogen-bond donors (Lipinski definition) is 1. The van der Waals surface area contributed by atoms with Gasteiger partial charge in [-0.25, -0.2) is 9.19 Å². The van der Waals surface area contributed by atoms with E-state index in [1.807, 2.05) is 6.07 Å². The van der Waals surface area contributed by atoms with Crippen molar-refractivity contribution in [3.8, 4) is 11.8 Å². The van der Waals surface area contributed by atoms with Gasteiger partial charge in [0.2, 0.25) is 0 Å². The van der Waals surface area contributed by atoms with Crippen LogP contribution < -0.4 is 5.32 Å². The van der Waals surface area contributed by atoms with Crippen LogP contribution in [-0.2, 0) is 9.73 Å². The molecule has 2 heterocycles. The second-order valence-corrected chi connectivity index (χ2v) is 9.72. The zero-order valence-corrected chi connectivity index (χ0v) is 17.2.